The molecule has 0 radical (unpaired) electrons. The number of fused-ring (bicyclic) bond motifs is 2. The molecule has 3 N–H and O–H groups in total. The van der Waals surface area contributed by atoms with Crippen LogP contribution in [0.5, 0.6) is 0 Å². The standard InChI is InChI=1S/C23H22N6O2/c1-13-21(14(2)31-28-13)27-23(30)25-11-15-6-7-20-17(9-15)18(12-29(20)3)19-10-16-5-4-8-24-22(16)26-19/h4-10,12H,11H2,1-3H3,(H,24,26)(H2,25,27,30). The lowest BCUT2D eigenvalue weighted by molar-refractivity contribution is 0.251. The number of aromatic nitrogens is 4. The van der Waals surface area contributed by atoms with Gasteiger partial charge in [-0.25, -0.2) is 9.78 Å². The lowest BCUT2D eigenvalue weighted by atomic mass is 10.1. The number of pyridine rings is 1. The molecule has 31 heavy (non-hydrogen) atoms. The van der Waals surface area contributed by atoms with E-state index in [0.29, 0.717) is 23.7 Å². The summed E-state index contributed by atoms with van der Waals surface area (Å²) in [5.74, 6) is 0.579. The molecule has 156 valence electrons. The van der Waals surface area contributed by atoms with Crippen molar-refractivity contribution in [1.29, 1.82) is 0 Å². The first-order chi connectivity index (χ1) is 15.0. The summed E-state index contributed by atoms with van der Waals surface area (Å²) in [6.07, 6.45) is 3.89. The Labute approximate surface area is 178 Å². The number of aryl methyl sites for hydroxylation is 3. The summed E-state index contributed by atoms with van der Waals surface area (Å²) in [4.78, 5) is 20.1. The van der Waals surface area contributed by atoms with Gasteiger partial charge in [0.2, 0.25) is 0 Å². The fourth-order valence-corrected chi connectivity index (χ4v) is 3.87. The summed E-state index contributed by atoms with van der Waals surface area (Å²) in [6.45, 7) is 3.95. The van der Waals surface area contributed by atoms with Gasteiger partial charge >= 0.3 is 6.03 Å². The molecule has 1 aromatic carbocycles. The third kappa shape index (κ3) is 3.42. The van der Waals surface area contributed by atoms with E-state index < -0.39 is 0 Å². The second kappa shape index (κ2) is 7.32. The van der Waals surface area contributed by atoms with Crippen molar-refractivity contribution in [2.45, 2.75) is 20.4 Å². The number of carbonyl (C=O) groups is 1. The highest BCUT2D eigenvalue weighted by Crippen LogP contribution is 2.32. The van der Waals surface area contributed by atoms with Crippen LogP contribution >= 0.6 is 0 Å². The van der Waals surface area contributed by atoms with E-state index in [4.69, 9.17) is 4.52 Å². The van der Waals surface area contributed by atoms with E-state index in [9.17, 15) is 4.79 Å². The van der Waals surface area contributed by atoms with Crippen LogP contribution in [0.4, 0.5) is 10.5 Å². The number of H-pyrrole nitrogens is 1. The number of hydrogen-bond donors (Lipinski definition) is 3. The summed E-state index contributed by atoms with van der Waals surface area (Å²) < 4.78 is 7.19. The molecule has 0 aliphatic carbocycles. The zero-order chi connectivity index (χ0) is 21.5. The minimum absolute atomic E-state index is 0.301. The highest BCUT2D eigenvalue weighted by atomic mass is 16.5. The van der Waals surface area contributed by atoms with Crippen molar-refractivity contribution in [2.75, 3.05) is 5.32 Å². The van der Waals surface area contributed by atoms with Gasteiger partial charge in [0, 0.05) is 53.5 Å². The van der Waals surface area contributed by atoms with Gasteiger partial charge in [-0.15, -0.1) is 0 Å². The predicted molar refractivity (Wildman–Crippen MR) is 120 cm³/mol. The molecule has 8 heteroatoms. The molecule has 4 aromatic heterocycles. The summed E-state index contributed by atoms with van der Waals surface area (Å²) >= 11 is 0. The topological polar surface area (TPSA) is 101 Å². The molecule has 0 saturated heterocycles. The summed E-state index contributed by atoms with van der Waals surface area (Å²) in [6, 6.07) is 12.0. The number of urea groups is 1. The Morgan fingerprint density at radius 2 is 2.10 bits per heavy atom. The van der Waals surface area contributed by atoms with E-state index in [2.05, 4.69) is 54.7 Å². The van der Waals surface area contributed by atoms with Gasteiger partial charge in [-0.2, -0.15) is 0 Å². The molecular weight excluding hydrogens is 392 g/mol. The van der Waals surface area contributed by atoms with Crippen LogP contribution in [0.15, 0.2) is 53.3 Å². The molecule has 0 aliphatic heterocycles. The van der Waals surface area contributed by atoms with E-state index >= 15 is 0 Å². The lowest BCUT2D eigenvalue weighted by Crippen LogP contribution is -2.28. The van der Waals surface area contributed by atoms with Crippen molar-refractivity contribution in [2.24, 2.45) is 7.05 Å². The number of carbonyl (C=O) groups excluding carboxylic acids is 1. The highest BCUT2D eigenvalue weighted by molar-refractivity contribution is 5.98. The molecule has 0 fully saturated rings. The van der Waals surface area contributed by atoms with Crippen molar-refractivity contribution in [3.05, 3.63) is 65.8 Å². The Bertz CT molecular complexity index is 1370. The average Bonchev–Trinajstić information content (AvgIpc) is 3.43. The Kier molecular flexibility index (Phi) is 4.47. The van der Waals surface area contributed by atoms with Gasteiger partial charge in [-0.05, 0) is 49.7 Å². The quantitative estimate of drug-likeness (QED) is 0.398. The molecule has 8 nitrogen and oxygen atoms in total. The van der Waals surface area contributed by atoms with Gasteiger partial charge in [0.25, 0.3) is 0 Å². The maximum atomic E-state index is 12.3. The third-order valence-corrected chi connectivity index (χ3v) is 5.46. The minimum Gasteiger partial charge on any atom is -0.359 e. The van der Waals surface area contributed by atoms with Gasteiger partial charge in [-0.3, -0.25) is 0 Å². The van der Waals surface area contributed by atoms with Gasteiger partial charge in [-0.1, -0.05) is 11.2 Å². The Hall–Kier alpha value is -4.07. The van der Waals surface area contributed by atoms with Crippen molar-refractivity contribution in [1.82, 2.24) is 25.0 Å². The fraction of sp³-hybridized carbons (Fsp3) is 0.174. The van der Waals surface area contributed by atoms with E-state index in [0.717, 1.165) is 38.8 Å². The second-order valence-electron chi connectivity index (χ2n) is 7.64. The Morgan fingerprint density at radius 1 is 1.23 bits per heavy atom. The molecule has 5 rings (SSSR count). The zero-order valence-corrected chi connectivity index (χ0v) is 17.5. The minimum atomic E-state index is -0.301. The number of aromatic amines is 1. The maximum Gasteiger partial charge on any atom is 0.319 e. The predicted octanol–water partition coefficient (Wildman–Crippen LogP) is 4.65. The van der Waals surface area contributed by atoms with E-state index in [1.807, 2.05) is 25.2 Å². The molecule has 0 saturated carbocycles. The normalized spacial score (nSPS) is 11.3. The van der Waals surface area contributed by atoms with Crippen LogP contribution in [-0.2, 0) is 13.6 Å². The SMILES string of the molecule is Cc1noc(C)c1NC(=O)NCc1ccc2c(c1)c(-c1cc3cccnc3[nH]1)cn2C. The molecule has 0 atom stereocenters. The first kappa shape index (κ1) is 18.9. The number of nitrogens with one attached hydrogen (secondary N) is 3. The van der Waals surface area contributed by atoms with Crippen LogP contribution in [0.25, 0.3) is 33.2 Å². The van der Waals surface area contributed by atoms with E-state index in [-0.39, 0.29) is 6.03 Å². The van der Waals surface area contributed by atoms with E-state index in [1.165, 1.54) is 0 Å². The van der Waals surface area contributed by atoms with Crippen molar-refractivity contribution in [3.8, 4) is 11.3 Å². The summed E-state index contributed by atoms with van der Waals surface area (Å²) in [5.41, 5.74) is 6.34. The zero-order valence-electron chi connectivity index (χ0n) is 17.5. The second-order valence-corrected chi connectivity index (χ2v) is 7.64. The monoisotopic (exact) mass is 414 g/mol. The van der Waals surface area contributed by atoms with E-state index in [1.54, 1.807) is 20.0 Å². The average molecular weight is 414 g/mol. The van der Waals surface area contributed by atoms with Crippen LogP contribution < -0.4 is 10.6 Å². The first-order valence-corrected chi connectivity index (χ1v) is 9.99. The van der Waals surface area contributed by atoms with Gasteiger partial charge in [0.15, 0.2) is 5.76 Å². The molecule has 0 aliphatic rings. The lowest BCUT2D eigenvalue weighted by Gasteiger charge is -2.08. The number of anilines is 1. The van der Waals surface area contributed by atoms with Crippen LogP contribution in [0.2, 0.25) is 0 Å². The van der Waals surface area contributed by atoms with Gasteiger partial charge in [0.1, 0.15) is 17.0 Å². The van der Waals surface area contributed by atoms with Gasteiger partial charge in [0.05, 0.1) is 0 Å². The van der Waals surface area contributed by atoms with Crippen LogP contribution in [-0.4, -0.2) is 25.7 Å². The largest absolute Gasteiger partial charge is 0.359 e. The molecule has 4 heterocycles. The summed E-state index contributed by atoms with van der Waals surface area (Å²) in [7, 11) is 2.03. The van der Waals surface area contributed by atoms with Crippen LogP contribution in [0, 0.1) is 13.8 Å². The molecule has 0 unspecified atom stereocenters. The number of benzene rings is 1. The maximum absolute atomic E-state index is 12.3. The molecule has 0 bridgehead atoms. The first-order valence-electron chi connectivity index (χ1n) is 9.99. The Balaban J connectivity index is 1.40. The molecular formula is C23H22N6O2. The van der Waals surface area contributed by atoms with Crippen LogP contribution in [0.3, 0.4) is 0 Å². The number of hydrogen-bond acceptors (Lipinski definition) is 4. The van der Waals surface area contributed by atoms with Crippen LogP contribution in [0.1, 0.15) is 17.0 Å². The number of nitrogens with zero attached hydrogens (tertiary/aromatic N) is 3. The fourth-order valence-electron chi connectivity index (χ4n) is 3.87. The number of amides is 2. The smallest absolute Gasteiger partial charge is 0.319 e. The molecule has 0 spiro atoms. The highest BCUT2D eigenvalue weighted by Gasteiger charge is 2.14. The molecule has 2 amide bonds. The van der Waals surface area contributed by atoms with Crippen molar-refractivity contribution in [3.63, 3.8) is 0 Å². The molecule has 5 aromatic rings. The third-order valence-electron chi connectivity index (χ3n) is 5.46. The Morgan fingerprint density at radius 3 is 2.87 bits per heavy atom. The van der Waals surface area contributed by atoms with Crippen molar-refractivity contribution < 1.29 is 9.32 Å². The van der Waals surface area contributed by atoms with Crippen molar-refractivity contribution >= 4 is 33.7 Å². The number of rotatable bonds is 4. The summed E-state index contributed by atoms with van der Waals surface area (Å²) in [5, 5.41) is 11.7. The van der Waals surface area contributed by atoms with Gasteiger partial charge < -0.3 is 24.7 Å².